The molecule has 2 rings (SSSR count). The number of amides is 1. The minimum absolute atomic E-state index is 0.224. The van der Waals surface area contributed by atoms with E-state index in [0.717, 1.165) is 11.1 Å². The van der Waals surface area contributed by atoms with E-state index >= 15 is 0 Å². The molecule has 0 spiro atoms. The van der Waals surface area contributed by atoms with Gasteiger partial charge in [-0.1, -0.05) is 6.07 Å². The number of rotatable bonds is 6. The summed E-state index contributed by atoms with van der Waals surface area (Å²) >= 11 is 0. The number of benzene rings is 2. The van der Waals surface area contributed by atoms with Crippen LogP contribution >= 0.6 is 0 Å². The quantitative estimate of drug-likeness (QED) is 0.816. The van der Waals surface area contributed by atoms with E-state index in [1.165, 1.54) is 26.4 Å². The summed E-state index contributed by atoms with van der Waals surface area (Å²) in [5, 5.41) is 2.76. The molecule has 0 bridgehead atoms. The molecule has 0 radical (unpaired) electrons. The SMILES string of the molecule is COC(=O)c1ccc(OC)cc1OCC(=O)Nc1ccc(C)c(C)c1. The fourth-order valence-electron chi connectivity index (χ4n) is 2.19. The zero-order valence-corrected chi connectivity index (χ0v) is 14.7. The van der Waals surface area contributed by atoms with Gasteiger partial charge in [-0.25, -0.2) is 4.79 Å². The molecular weight excluding hydrogens is 322 g/mol. The molecule has 6 heteroatoms. The van der Waals surface area contributed by atoms with Gasteiger partial charge in [0, 0.05) is 11.8 Å². The molecule has 25 heavy (non-hydrogen) atoms. The molecule has 1 N–H and O–H groups in total. The minimum atomic E-state index is -0.549. The average Bonchev–Trinajstić information content (AvgIpc) is 2.62. The zero-order chi connectivity index (χ0) is 18.4. The largest absolute Gasteiger partial charge is 0.497 e. The van der Waals surface area contributed by atoms with E-state index in [1.54, 1.807) is 6.07 Å². The van der Waals surface area contributed by atoms with Crippen molar-refractivity contribution in [2.45, 2.75) is 13.8 Å². The van der Waals surface area contributed by atoms with Gasteiger partial charge in [-0.2, -0.15) is 0 Å². The summed E-state index contributed by atoms with van der Waals surface area (Å²) in [6, 6.07) is 10.3. The van der Waals surface area contributed by atoms with Crippen molar-refractivity contribution < 1.29 is 23.8 Å². The average molecular weight is 343 g/mol. The van der Waals surface area contributed by atoms with Gasteiger partial charge >= 0.3 is 5.97 Å². The first-order valence-electron chi connectivity index (χ1n) is 7.71. The van der Waals surface area contributed by atoms with Crippen molar-refractivity contribution in [1.82, 2.24) is 0 Å². The van der Waals surface area contributed by atoms with Crippen LogP contribution < -0.4 is 14.8 Å². The maximum atomic E-state index is 12.1. The summed E-state index contributed by atoms with van der Waals surface area (Å²) in [5.41, 5.74) is 3.14. The van der Waals surface area contributed by atoms with Crippen molar-refractivity contribution in [1.29, 1.82) is 0 Å². The van der Waals surface area contributed by atoms with Crippen LogP contribution in [0.4, 0.5) is 5.69 Å². The summed E-state index contributed by atoms with van der Waals surface area (Å²) in [6.07, 6.45) is 0. The Bertz CT molecular complexity index is 785. The second kappa shape index (κ2) is 8.19. The lowest BCUT2D eigenvalue weighted by molar-refractivity contribution is -0.118. The van der Waals surface area contributed by atoms with Gasteiger partial charge in [0.15, 0.2) is 6.61 Å². The van der Waals surface area contributed by atoms with Crippen molar-refractivity contribution in [2.24, 2.45) is 0 Å². The van der Waals surface area contributed by atoms with Gasteiger partial charge in [0.2, 0.25) is 0 Å². The molecule has 132 valence electrons. The Labute approximate surface area is 146 Å². The third-order valence-corrected chi connectivity index (χ3v) is 3.74. The van der Waals surface area contributed by atoms with Crippen LogP contribution in [0.1, 0.15) is 21.5 Å². The molecule has 0 atom stereocenters. The number of carbonyl (C=O) groups is 2. The third-order valence-electron chi connectivity index (χ3n) is 3.74. The molecule has 0 saturated heterocycles. The number of esters is 1. The Morgan fingerprint density at radius 1 is 1.00 bits per heavy atom. The van der Waals surface area contributed by atoms with Crippen molar-refractivity contribution in [3.63, 3.8) is 0 Å². The third kappa shape index (κ3) is 4.73. The number of aryl methyl sites for hydroxylation is 2. The number of hydrogen-bond donors (Lipinski definition) is 1. The summed E-state index contributed by atoms with van der Waals surface area (Å²) < 4.78 is 15.3. The van der Waals surface area contributed by atoms with Crippen LogP contribution in [0.3, 0.4) is 0 Å². The molecule has 0 heterocycles. The molecular formula is C19H21NO5. The number of carbonyl (C=O) groups excluding carboxylic acids is 2. The summed E-state index contributed by atoms with van der Waals surface area (Å²) in [4.78, 5) is 23.9. The maximum Gasteiger partial charge on any atom is 0.341 e. The Balaban J connectivity index is 2.07. The predicted molar refractivity (Wildman–Crippen MR) is 94.4 cm³/mol. The summed E-state index contributed by atoms with van der Waals surface area (Å²) in [6.45, 7) is 3.73. The highest BCUT2D eigenvalue weighted by Crippen LogP contribution is 2.25. The van der Waals surface area contributed by atoms with Crippen LogP contribution in [-0.4, -0.2) is 32.7 Å². The maximum absolute atomic E-state index is 12.1. The van der Waals surface area contributed by atoms with Crippen molar-refractivity contribution in [2.75, 3.05) is 26.1 Å². The van der Waals surface area contributed by atoms with Gasteiger partial charge in [0.25, 0.3) is 5.91 Å². The topological polar surface area (TPSA) is 73.9 Å². The molecule has 0 aromatic heterocycles. The highest BCUT2D eigenvalue weighted by atomic mass is 16.5. The van der Waals surface area contributed by atoms with E-state index in [-0.39, 0.29) is 23.8 Å². The van der Waals surface area contributed by atoms with Gasteiger partial charge in [0.1, 0.15) is 17.1 Å². The van der Waals surface area contributed by atoms with E-state index in [2.05, 4.69) is 5.32 Å². The van der Waals surface area contributed by atoms with Gasteiger partial charge in [0.05, 0.1) is 14.2 Å². The van der Waals surface area contributed by atoms with Gasteiger partial charge < -0.3 is 19.5 Å². The second-order valence-corrected chi connectivity index (χ2v) is 5.49. The summed E-state index contributed by atoms with van der Waals surface area (Å²) in [7, 11) is 2.78. The molecule has 6 nitrogen and oxygen atoms in total. The number of ether oxygens (including phenoxy) is 3. The molecule has 2 aromatic rings. The Morgan fingerprint density at radius 3 is 2.40 bits per heavy atom. The second-order valence-electron chi connectivity index (χ2n) is 5.49. The van der Waals surface area contributed by atoms with Crippen molar-refractivity contribution in [3.05, 3.63) is 53.1 Å². The predicted octanol–water partition coefficient (Wildman–Crippen LogP) is 3.12. The standard InChI is InChI=1S/C19H21NO5/c1-12-5-6-14(9-13(12)2)20-18(21)11-25-17-10-15(23-3)7-8-16(17)19(22)24-4/h5-10H,11H2,1-4H3,(H,20,21). The molecule has 0 saturated carbocycles. The fourth-order valence-corrected chi connectivity index (χ4v) is 2.19. The lowest BCUT2D eigenvalue weighted by atomic mass is 10.1. The summed E-state index contributed by atoms with van der Waals surface area (Å²) in [5.74, 6) is -0.146. The first-order chi connectivity index (χ1) is 11.9. The molecule has 0 fully saturated rings. The van der Waals surface area contributed by atoms with Gasteiger partial charge in [-0.05, 0) is 49.2 Å². The minimum Gasteiger partial charge on any atom is -0.497 e. The van der Waals surface area contributed by atoms with Crippen molar-refractivity contribution >= 4 is 17.6 Å². The first-order valence-corrected chi connectivity index (χ1v) is 7.71. The zero-order valence-electron chi connectivity index (χ0n) is 14.7. The number of nitrogens with one attached hydrogen (secondary N) is 1. The fraction of sp³-hybridized carbons (Fsp3) is 0.263. The Hall–Kier alpha value is -3.02. The normalized spacial score (nSPS) is 10.1. The Kier molecular flexibility index (Phi) is 6.00. The molecule has 1 amide bonds. The smallest absolute Gasteiger partial charge is 0.341 e. The highest BCUT2D eigenvalue weighted by molar-refractivity contribution is 5.94. The van der Waals surface area contributed by atoms with E-state index in [1.807, 2.05) is 32.0 Å². The van der Waals surface area contributed by atoms with Crippen LogP contribution in [-0.2, 0) is 9.53 Å². The monoisotopic (exact) mass is 343 g/mol. The molecule has 0 aliphatic rings. The first kappa shape index (κ1) is 18.3. The lowest BCUT2D eigenvalue weighted by Gasteiger charge is -2.12. The van der Waals surface area contributed by atoms with Crippen LogP contribution in [0, 0.1) is 13.8 Å². The van der Waals surface area contributed by atoms with E-state index in [9.17, 15) is 9.59 Å². The Morgan fingerprint density at radius 2 is 1.76 bits per heavy atom. The van der Waals surface area contributed by atoms with E-state index < -0.39 is 5.97 Å². The molecule has 0 aliphatic heterocycles. The van der Waals surface area contributed by atoms with Gasteiger partial charge in [-0.3, -0.25) is 4.79 Å². The van der Waals surface area contributed by atoms with E-state index in [0.29, 0.717) is 11.4 Å². The number of methoxy groups -OCH3 is 2. The van der Waals surface area contributed by atoms with Crippen LogP contribution in [0.2, 0.25) is 0 Å². The van der Waals surface area contributed by atoms with Crippen LogP contribution in [0.5, 0.6) is 11.5 Å². The molecule has 2 aromatic carbocycles. The number of hydrogen-bond acceptors (Lipinski definition) is 5. The molecule has 0 unspecified atom stereocenters. The van der Waals surface area contributed by atoms with Crippen LogP contribution in [0.15, 0.2) is 36.4 Å². The van der Waals surface area contributed by atoms with Gasteiger partial charge in [-0.15, -0.1) is 0 Å². The molecule has 0 aliphatic carbocycles. The highest BCUT2D eigenvalue weighted by Gasteiger charge is 2.15. The van der Waals surface area contributed by atoms with E-state index in [4.69, 9.17) is 14.2 Å². The van der Waals surface area contributed by atoms with Crippen molar-refractivity contribution in [3.8, 4) is 11.5 Å². The number of anilines is 1. The lowest BCUT2D eigenvalue weighted by Crippen LogP contribution is -2.21. The van der Waals surface area contributed by atoms with Crippen LogP contribution in [0.25, 0.3) is 0 Å².